The summed E-state index contributed by atoms with van der Waals surface area (Å²) < 4.78 is 11.8. The molecule has 0 spiro atoms. The van der Waals surface area contributed by atoms with Crippen LogP contribution in [0.15, 0.2) is 42.5 Å². The molecule has 0 bridgehead atoms. The normalized spacial score (nSPS) is 10.8. The van der Waals surface area contributed by atoms with Crippen molar-refractivity contribution in [1.29, 1.82) is 0 Å². The Labute approximate surface area is 126 Å². The van der Waals surface area contributed by atoms with Crippen LogP contribution in [0.5, 0.6) is 11.5 Å². The summed E-state index contributed by atoms with van der Waals surface area (Å²) >= 11 is 8.17. The lowest BCUT2D eigenvalue weighted by atomic mass is 10.1. The van der Waals surface area contributed by atoms with Crippen molar-refractivity contribution in [3.05, 3.63) is 47.5 Å². The van der Waals surface area contributed by atoms with E-state index in [1.54, 1.807) is 25.6 Å². The van der Waals surface area contributed by atoms with E-state index < -0.39 is 0 Å². The molecule has 0 radical (unpaired) electrons. The topological polar surface area (TPSA) is 18.5 Å². The third-order valence-electron chi connectivity index (χ3n) is 3.19. The molecule has 4 heteroatoms. The van der Waals surface area contributed by atoms with E-state index in [4.69, 9.17) is 21.1 Å². The van der Waals surface area contributed by atoms with Crippen LogP contribution in [0.25, 0.3) is 20.5 Å². The van der Waals surface area contributed by atoms with Crippen LogP contribution >= 0.6 is 22.9 Å². The number of thiophene rings is 1. The van der Waals surface area contributed by atoms with Crippen molar-refractivity contribution in [1.82, 2.24) is 0 Å². The Bertz CT molecular complexity index is 764. The average molecular weight is 305 g/mol. The van der Waals surface area contributed by atoms with E-state index in [0.29, 0.717) is 0 Å². The lowest BCUT2D eigenvalue weighted by Crippen LogP contribution is -1.85. The molecular weight excluding hydrogens is 292 g/mol. The maximum atomic E-state index is 6.53. The predicted octanol–water partition coefficient (Wildman–Crippen LogP) is 5.24. The molecule has 0 saturated carbocycles. The quantitative estimate of drug-likeness (QED) is 0.659. The van der Waals surface area contributed by atoms with Gasteiger partial charge in [-0.15, -0.1) is 11.3 Å². The summed E-state index contributed by atoms with van der Waals surface area (Å²) in [4.78, 5) is 1.02. The number of benzene rings is 2. The largest absolute Gasteiger partial charge is 0.497 e. The zero-order valence-corrected chi connectivity index (χ0v) is 12.7. The molecule has 0 aliphatic carbocycles. The second-order valence-electron chi connectivity index (χ2n) is 4.31. The first-order valence-electron chi connectivity index (χ1n) is 6.14. The molecule has 20 heavy (non-hydrogen) atoms. The molecule has 2 nitrogen and oxygen atoms in total. The van der Waals surface area contributed by atoms with Crippen molar-refractivity contribution in [3.8, 4) is 21.9 Å². The average Bonchev–Trinajstić information content (AvgIpc) is 2.83. The Kier molecular flexibility index (Phi) is 3.55. The van der Waals surface area contributed by atoms with Crippen LogP contribution in [0.2, 0.25) is 5.02 Å². The van der Waals surface area contributed by atoms with Gasteiger partial charge >= 0.3 is 0 Å². The maximum Gasteiger partial charge on any atom is 0.127 e. The fourth-order valence-corrected chi connectivity index (χ4v) is 3.77. The van der Waals surface area contributed by atoms with E-state index in [2.05, 4.69) is 0 Å². The number of methoxy groups -OCH3 is 2. The van der Waals surface area contributed by atoms with Crippen LogP contribution in [0, 0.1) is 0 Å². The van der Waals surface area contributed by atoms with Crippen LogP contribution < -0.4 is 9.47 Å². The van der Waals surface area contributed by atoms with E-state index in [1.165, 1.54) is 0 Å². The molecule has 0 aliphatic rings. The third kappa shape index (κ3) is 2.13. The fourth-order valence-electron chi connectivity index (χ4n) is 2.18. The van der Waals surface area contributed by atoms with Gasteiger partial charge in [0, 0.05) is 15.6 Å². The molecule has 1 heterocycles. The summed E-state index contributed by atoms with van der Waals surface area (Å²) in [5, 5.41) is 1.80. The van der Waals surface area contributed by atoms with Gasteiger partial charge in [0.2, 0.25) is 0 Å². The summed E-state index contributed by atoms with van der Waals surface area (Å²) in [6.07, 6.45) is 0. The molecular formula is C16H13ClO2S. The maximum absolute atomic E-state index is 6.53. The lowest BCUT2D eigenvalue weighted by molar-refractivity contribution is 0.415. The number of rotatable bonds is 3. The third-order valence-corrected chi connectivity index (χ3v) is 4.88. The first-order valence-corrected chi connectivity index (χ1v) is 7.33. The number of hydrogen-bond acceptors (Lipinski definition) is 3. The summed E-state index contributed by atoms with van der Waals surface area (Å²) in [6, 6.07) is 13.8. The minimum absolute atomic E-state index is 0.761. The monoisotopic (exact) mass is 304 g/mol. The van der Waals surface area contributed by atoms with E-state index in [-0.39, 0.29) is 0 Å². The SMILES string of the molecule is COc1ccc2c(Cl)c(-c3ccccc3OC)sc2c1. The molecule has 2 aromatic carbocycles. The van der Waals surface area contributed by atoms with E-state index in [0.717, 1.165) is 37.0 Å². The van der Waals surface area contributed by atoms with Crippen LogP contribution in [0.3, 0.4) is 0 Å². The standard InChI is InChI=1S/C16H13ClO2S/c1-18-10-7-8-12-14(9-10)20-16(15(12)17)11-5-3-4-6-13(11)19-2/h3-9H,1-2H3. The summed E-state index contributed by atoms with van der Waals surface area (Å²) in [5.74, 6) is 1.66. The second-order valence-corrected chi connectivity index (χ2v) is 5.74. The van der Waals surface area contributed by atoms with Crippen LogP contribution in [0.4, 0.5) is 0 Å². The van der Waals surface area contributed by atoms with Crippen LogP contribution in [-0.2, 0) is 0 Å². The van der Waals surface area contributed by atoms with Crippen molar-refractivity contribution < 1.29 is 9.47 Å². The zero-order valence-electron chi connectivity index (χ0n) is 11.1. The predicted molar refractivity (Wildman–Crippen MR) is 85.4 cm³/mol. The van der Waals surface area contributed by atoms with Crippen molar-refractivity contribution >= 4 is 33.0 Å². The zero-order chi connectivity index (χ0) is 14.1. The van der Waals surface area contributed by atoms with Gasteiger partial charge in [-0.25, -0.2) is 0 Å². The lowest BCUT2D eigenvalue weighted by Gasteiger charge is -2.06. The highest BCUT2D eigenvalue weighted by atomic mass is 35.5. The molecule has 0 atom stereocenters. The Hall–Kier alpha value is -1.71. The highest BCUT2D eigenvalue weighted by molar-refractivity contribution is 7.23. The van der Waals surface area contributed by atoms with Gasteiger partial charge in [0.05, 0.1) is 24.1 Å². The smallest absolute Gasteiger partial charge is 0.127 e. The molecule has 0 fully saturated rings. The minimum atomic E-state index is 0.761. The van der Waals surface area contributed by atoms with Gasteiger partial charge in [-0.3, -0.25) is 0 Å². The molecule has 0 saturated heterocycles. The summed E-state index contributed by atoms with van der Waals surface area (Å²) in [5.41, 5.74) is 1.01. The van der Waals surface area contributed by atoms with Gasteiger partial charge in [-0.05, 0) is 30.3 Å². The number of para-hydroxylation sites is 1. The Morgan fingerprint density at radius 3 is 2.55 bits per heavy atom. The van der Waals surface area contributed by atoms with E-state index in [1.807, 2.05) is 42.5 Å². The molecule has 0 amide bonds. The number of hydrogen-bond donors (Lipinski definition) is 0. The molecule has 0 aliphatic heterocycles. The second kappa shape index (κ2) is 5.35. The van der Waals surface area contributed by atoms with Crippen LogP contribution in [0.1, 0.15) is 0 Å². The highest BCUT2D eigenvalue weighted by Crippen LogP contribution is 2.45. The molecule has 102 valence electrons. The fraction of sp³-hybridized carbons (Fsp3) is 0.125. The molecule has 1 aromatic heterocycles. The summed E-state index contributed by atoms with van der Waals surface area (Å²) in [6.45, 7) is 0. The molecule has 0 N–H and O–H groups in total. The highest BCUT2D eigenvalue weighted by Gasteiger charge is 2.15. The molecule has 3 aromatic rings. The first kappa shape index (κ1) is 13.3. The Balaban J connectivity index is 2.23. The Morgan fingerprint density at radius 1 is 1.00 bits per heavy atom. The van der Waals surface area contributed by atoms with Gasteiger partial charge in [0.15, 0.2) is 0 Å². The number of ether oxygens (including phenoxy) is 2. The molecule has 3 rings (SSSR count). The molecule has 0 unspecified atom stereocenters. The van der Waals surface area contributed by atoms with Crippen LogP contribution in [-0.4, -0.2) is 14.2 Å². The van der Waals surface area contributed by atoms with Crippen molar-refractivity contribution in [3.63, 3.8) is 0 Å². The minimum Gasteiger partial charge on any atom is -0.497 e. The van der Waals surface area contributed by atoms with Gasteiger partial charge in [-0.2, -0.15) is 0 Å². The Morgan fingerprint density at radius 2 is 1.80 bits per heavy atom. The van der Waals surface area contributed by atoms with Gasteiger partial charge < -0.3 is 9.47 Å². The van der Waals surface area contributed by atoms with Crippen molar-refractivity contribution in [2.75, 3.05) is 14.2 Å². The van der Waals surface area contributed by atoms with E-state index in [9.17, 15) is 0 Å². The van der Waals surface area contributed by atoms with Crippen molar-refractivity contribution in [2.24, 2.45) is 0 Å². The first-order chi connectivity index (χ1) is 9.74. The number of halogens is 1. The van der Waals surface area contributed by atoms with Gasteiger partial charge in [0.25, 0.3) is 0 Å². The van der Waals surface area contributed by atoms with Crippen molar-refractivity contribution in [2.45, 2.75) is 0 Å². The summed E-state index contributed by atoms with van der Waals surface area (Å²) in [7, 11) is 3.33. The van der Waals surface area contributed by atoms with Gasteiger partial charge in [0.1, 0.15) is 11.5 Å². The van der Waals surface area contributed by atoms with E-state index >= 15 is 0 Å². The van der Waals surface area contributed by atoms with Gasteiger partial charge in [-0.1, -0.05) is 23.7 Å². The number of fused-ring (bicyclic) bond motifs is 1.